The van der Waals surface area contributed by atoms with Crippen molar-refractivity contribution in [2.24, 2.45) is 0 Å². The van der Waals surface area contributed by atoms with E-state index in [-0.39, 0.29) is 44.2 Å². The standard InChI is InChI=1S/C14H14FN3O2/c15-12-5-1-2-6-13(12)20-11-14(19)18(9-3-7-16)10-4-8-17/h1-2,5-6H,3-4,9-11H2. The van der Waals surface area contributed by atoms with Gasteiger partial charge < -0.3 is 9.64 Å². The number of benzene rings is 1. The third-order valence-corrected chi connectivity index (χ3v) is 2.53. The molecule has 0 N–H and O–H groups in total. The Bertz CT molecular complexity index is 516. The molecular formula is C14H14FN3O2. The van der Waals surface area contributed by atoms with Crippen LogP contribution in [-0.2, 0) is 4.79 Å². The number of hydrogen-bond donors (Lipinski definition) is 0. The van der Waals surface area contributed by atoms with Gasteiger partial charge >= 0.3 is 0 Å². The van der Waals surface area contributed by atoms with Gasteiger partial charge in [0.25, 0.3) is 5.91 Å². The van der Waals surface area contributed by atoms with E-state index >= 15 is 0 Å². The summed E-state index contributed by atoms with van der Waals surface area (Å²) in [7, 11) is 0. The molecule has 1 amide bonds. The minimum absolute atomic E-state index is 0.00127. The Kier molecular flexibility index (Phi) is 6.56. The Morgan fingerprint density at radius 2 is 1.80 bits per heavy atom. The fourth-order valence-electron chi connectivity index (χ4n) is 1.52. The Hall–Kier alpha value is -2.60. The highest BCUT2D eigenvalue weighted by molar-refractivity contribution is 5.77. The zero-order chi connectivity index (χ0) is 14.8. The van der Waals surface area contributed by atoms with Crippen molar-refractivity contribution in [3.8, 4) is 17.9 Å². The Morgan fingerprint density at radius 3 is 2.35 bits per heavy atom. The van der Waals surface area contributed by atoms with Crippen LogP contribution < -0.4 is 4.74 Å². The lowest BCUT2D eigenvalue weighted by Crippen LogP contribution is -2.36. The lowest BCUT2D eigenvalue weighted by Gasteiger charge is -2.20. The van der Waals surface area contributed by atoms with E-state index in [9.17, 15) is 9.18 Å². The van der Waals surface area contributed by atoms with Crippen molar-refractivity contribution >= 4 is 5.91 Å². The van der Waals surface area contributed by atoms with E-state index < -0.39 is 5.82 Å². The van der Waals surface area contributed by atoms with E-state index in [2.05, 4.69) is 0 Å². The molecule has 0 atom stereocenters. The molecule has 1 aromatic rings. The first-order valence-electron chi connectivity index (χ1n) is 6.08. The van der Waals surface area contributed by atoms with Crippen LogP contribution >= 0.6 is 0 Å². The van der Waals surface area contributed by atoms with Crippen LogP contribution in [0.3, 0.4) is 0 Å². The first-order valence-corrected chi connectivity index (χ1v) is 6.08. The Balaban J connectivity index is 2.55. The van der Waals surface area contributed by atoms with Crippen molar-refractivity contribution in [2.75, 3.05) is 19.7 Å². The zero-order valence-corrected chi connectivity index (χ0v) is 10.9. The quantitative estimate of drug-likeness (QED) is 0.761. The predicted octanol–water partition coefficient (Wildman–Crippen LogP) is 1.86. The molecule has 0 bridgehead atoms. The van der Waals surface area contributed by atoms with Gasteiger partial charge in [0.1, 0.15) is 0 Å². The summed E-state index contributed by atoms with van der Waals surface area (Å²) in [6.45, 7) is 0.146. The van der Waals surface area contributed by atoms with Crippen LogP contribution in [0.15, 0.2) is 24.3 Å². The van der Waals surface area contributed by atoms with Crippen molar-refractivity contribution < 1.29 is 13.9 Å². The van der Waals surface area contributed by atoms with E-state index in [1.54, 1.807) is 6.07 Å². The molecule has 0 aliphatic rings. The van der Waals surface area contributed by atoms with E-state index in [0.717, 1.165) is 0 Å². The SMILES string of the molecule is N#CCCN(CCC#N)C(=O)COc1ccccc1F. The van der Waals surface area contributed by atoms with Crippen molar-refractivity contribution in [1.29, 1.82) is 10.5 Å². The number of ether oxygens (including phenoxy) is 1. The van der Waals surface area contributed by atoms with Crippen LogP contribution in [-0.4, -0.2) is 30.5 Å². The second-order valence-electron chi connectivity index (χ2n) is 3.92. The summed E-state index contributed by atoms with van der Waals surface area (Å²) in [4.78, 5) is 13.3. The van der Waals surface area contributed by atoms with Gasteiger partial charge in [-0.15, -0.1) is 0 Å². The molecule has 6 heteroatoms. The van der Waals surface area contributed by atoms with Gasteiger partial charge in [0, 0.05) is 13.1 Å². The Labute approximate surface area is 116 Å². The van der Waals surface area contributed by atoms with Crippen LogP contribution in [0.1, 0.15) is 12.8 Å². The first-order chi connectivity index (χ1) is 9.69. The maximum Gasteiger partial charge on any atom is 0.260 e. The molecule has 0 saturated carbocycles. The number of carbonyl (C=O) groups excluding carboxylic acids is 1. The highest BCUT2D eigenvalue weighted by Crippen LogP contribution is 2.15. The second kappa shape index (κ2) is 8.49. The topological polar surface area (TPSA) is 77.1 Å². The maximum atomic E-state index is 13.3. The highest BCUT2D eigenvalue weighted by atomic mass is 19.1. The molecule has 0 saturated heterocycles. The van der Waals surface area contributed by atoms with Gasteiger partial charge in [0.15, 0.2) is 18.2 Å². The van der Waals surface area contributed by atoms with Gasteiger partial charge in [-0.25, -0.2) is 4.39 Å². The molecule has 0 aliphatic carbocycles. The van der Waals surface area contributed by atoms with Gasteiger partial charge in [-0.1, -0.05) is 12.1 Å². The summed E-state index contributed by atoms with van der Waals surface area (Å²) in [6.07, 6.45) is 0.355. The summed E-state index contributed by atoms with van der Waals surface area (Å²) in [5, 5.41) is 17.1. The lowest BCUT2D eigenvalue weighted by atomic mass is 10.3. The van der Waals surface area contributed by atoms with E-state index in [4.69, 9.17) is 15.3 Å². The summed E-state index contributed by atoms with van der Waals surface area (Å²) < 4.78 is 18.4. The van der Waals surface area contributed by atoms with Crippen molar-refractivity contribution in [1.82, 2.24) is 4.90 Å². The van der Waals surface area contributed by atoms with E-state index in [1.807, 2.05) is 12.1 Å². The number of carbonyl (C=O) groups is 1. The van der Waals surface area contributed by atoms with Crippen molar-refractivity contribution in [3.05, 3.63) is 30.1 Å². The number of nitrogens with zero attached hydrogens (tertiary/aromatic N) is 3. The third-order valence-electron chi connectivity index (χ3n) is 2.53. The number of para-hydroxylation sites is 1. The van der Waals surface area contributed by atoms with Crippen LogP contribution in [0.25, 0.3) is 0 Å². The predicted molar refractivity (Wildman–Crippen MR) is 68.9 cm³/mol. The summed E-state index contributed by atoms with van der Waals surface area (Å²) in [5.74, 6) is -0.916. The third kappa shape index (κ3) is 4.95. The number of nitriles is 2. The maximum absolute atomic E-state index is 13.3. The molecule has 0 heterocycles. The summed E-state index contributed by atoms with van der Waals surface area (Å²) >= 11 is 0. The molecule has 0 aliphatic heterocycles. The zero-order valence-electron chi connectivity index (χ0n) is 10.9. The van der Waals surface area contributed by atoms with E-state index in [1.165, 1.54) is 23.1 Å². The minimum Gasteiger partial charge on any atom is -0.481 e. The normalized spacial score (nSPS) is 9.35. The average Bonchev–Trinajstić information content (AvgIpc) is 2.46. The summed E-state index contributed by atoms with van der Waals surface area (Å²) in [5.41, 5.74) is 0. The second-order valence-corrected chi connectivity index (χ2v) is 3.92. The number of rotatable bonds is 7. The molecule has 0 aromatic heterocycles. The van der Waals surface area contributed by atoms with Crippen LogP contribution in [0.2, 0.25) is 0 Å². The fourth-order valence-corrected chi connectivity index (χ4v) is 1.52. The largest absolute Gasteiger partial charge is 0.481 e. The average molecular weight is 275 g/mol. The molecule has 0 spiro atoms. The van der Waals surface area contributed by atoms with Crippen molar-refractivity contribution in [3.63, 3.8) is 0 Å². The Morgan fingerprint density at radius 1 is 1.20 bits per heavy atom. The molecular weight excluding hydrogens is 261 g/mol. The van der Waals surface area contributed by atoms with Crippen LogP contribution in [0.4, 0.5) is 4.39 Å². The van der Waals surface area contributed by atoms with Gasteiger partial charge in [-0.2, -0.15) is 10.5 Å². The van der Waals surface area contributed by atoms with Crippen LogP contribution in [0, 0.1) is 28.5 Å². The molecule has 0 radical (unpaired) electrons. The van der Waals surface area contributed by atoms with Gasteiger partial charge in [-0.05, 0) is 12.1 Å². The molecule has 20 heavy (non-hydrogen) atoms. The van der Waals surface area contributed by atoms with Crippen LogP contribution in [0.5, 0.6) is 5.75 Å². The number of hydrogen-bond acceptors (Lipinski definition) is 4. The smallest absolute Gasteiger partial charge is 0.260 e. The molecule has 0 fully saturated rings. The molecule has 1 rings (SSSR count). The van der Waals surface area contributed by atoms with Gasteiger partial charge in [-0.3, -0.25) is 4.79 Å². The van der Waals surface area contributed by atoms with Gasteiger partial charge in [0.05, 0.1) is 25.0 Å². The minimum atomic E-state index is -0.541. The fraction of sp³-hybridized carbons (Fsp3) is 0.357. The molecule has 5 nitrogen and oxygen atoms in total. The summed E-state index contributed by atoms with van der Waals surface area (Å²) in [6, 6.07) is 9.66. The molecule has 1 aromatic carbocycles. The molecule has 104 valence electrons. The lowest BCUT2D eigenvalue weighted by molar-refractivity contribution is -0.133. The molecule has 0 unspecified atom stereocenters. The highest BCUT2D eigenvalue weighted by Gasteiger charge is 2.14. The van der Waals surface area contributed by atoms with E-state index in [0.29, 0.717) is 0 Å². The monoisotopic (exact) mass is 275 g/mol. The number of amides is 1. The van der Waals surface area contributed by atoms with Crippen molar-refractivity contribution in [2.45, 2.75) is 12.8 Å². The number of halogens is 1. The van der Waals surface area contributed by atoms with Gasteiger partial charge in [0.2, 0.25) is 0 Å². The first kappa shape index (κ1) is 15.5.